The lowest BCUT2D eigenvalue weighted by Gasteiger charge is -2.10. The first-order valence-electron chi connectivity index (χ1n) is 10.7. The molecule has 5 nitrogen and oxygen atoms in total. The summed E-state index contributed by atoms with van der Waals surface area (Å²) >= 11 is 0. The standard InChI is InChI=1S/C25H30O5/c1-3-5-9-17-29-24(27)20-15-13-19(14-16-20)23(26)21-11-7-8-12-22(21)25(28)30-18-10-6-4-2/h7-8,11-16H,3-6,9-10,17-18H2,1-2H3. The zero-order valence-electron chi connectivity index (χ0n) is 17.8. The highest BCUT2D eigenvalue weighted by atomic mass is 16.5. The predicted molar refractivity (Wildman–Crippen MR) is 116 cm³/mol. The fourth-order valence-corrected chi connectivity index (χ4v) is 2.97. The van der Waals surface area contributed by atoms with E-state index in [0.29, 0.717) is 24.3 Å². The smallest absolute Gasteiger partial charge is 0.338 e. The summed E-state index contributed by atoms with van der Waals surface area (Å²) in [7, 11) is 0. The minimum Gasteiger partial charge on any atom is -0.462 e. The van der Waals surface area contributed by atoms with Crippen molar-refractivity contribution in [2.24, 2.45) is 0 Å². The molecule has 0 aliphatic rings. The lowest BCUT2D eigenvalue weighted by Crippen LogP contribution is -2.13. The van der Waals surface area contributed by atoms with E-state index < -0.39 is 11.9 Å². The summed E-state index contributed by atoms with van der Waals surface area (Å²) in [6.45, 7) is 4.89. The maximum atomic E-state index is 12.9. The average Bonchev–Trinajstić information content (AvgIpc) is 2.79. The highest BCUT2D eigenvalue weighted by molar-refractivity contribution is 6.14. The van der Waals surface area contributed by atoms with Crippen LogP contribution in [0, 0.1) is 0 Å². The third-order valence-corrected chi connectivity index (χ3v) is 4.74. The van der Waals surface area contributed by atoms with E-state index in [4.69, 9.17) is 9.47 Å². The molecule has 0 bridgehead atoms. The molecular formula is C25H30O5. The van der Waals surface area contributed by atoms with E-state index in [2.05, 4.69) is 13.8 Å². The molecule has 0 spiro atoms. The van der Waals surface area contributed by atoms with Crippen LogP contribution in [-0.4, -0.2) is 30.9 Å². The number of ether oxygens (including phenoxy) is 2. The molecule has 0 aromatic heterocycles. The molecule has 2 aromatic carbocycles. The monoisotopic (exact) mass is 410 g/mol. The van der Waals surface area contributed by atoms with Gasteiger partial charge in [0, 0.05) is 11.1 Å². The van der Waals surface area contributed by atoms with Crippen LogP contribution in [0.25, 0.3) is 0 Å². The Bertz CT molecular complexity index is 839. The van der Waals surface area contributed by atoms with E-state index in [1.165, 1.54) is 0 Å². The van der Waals surface area contributed by atoms with Gasteiger partial charge in [-0.15, -0.1) is 0 Å². The molecule has 0 heterocycles. The average molecular weight is 411 g/mol. The van der Waals surface area contributed by atoms with Crippen LogP contribution in [0.2, 0.25) is 0 Å². The number of hydrogen-bond acceptors (Lipinski definition) is 5. The number of rotatable bonds is 12. The largest absolute Gasteiger partial charge is 0.462 e. The highest BCUT2D eigenvalue weighted by Gasteiger charge is 2.19. The molecule has 0 atom stereocenters. The molecule has 0 saturated heterocycles. The molecule has 2 rings (SSSR count). The van der Waals surface area contributed by atoms with Crippen molar-refractivity contribution in [1.29, 1.82) is 0 Å². The Hall–Kier alpha value is -2.95. The van der Waals surface area contributed by atoms with E-state index in [1.807, 2.05) is 0 Å². The van der Waals surface area contributed by atoms with Crippen LogP contribution in [0.5, 0.6) is 0 Å². The van der Waals surface area contributed by atoms with Crippen molar-refractivity contribution in [3.05, 3.63) is 70.8 Å². The van der Waals surface area contributed by atoms with Crippen LogP contribution in [-0.2, 0) is 9.47 Å². The van der Waals surface area contributed by atoms with Crippen LogP contribution >= 0.6 is 0 Å². The third-order valence-electron chi connectivity index (χ3n) is 4.74. The lowest BCUT2D eigenvalue weighted by atomic mass is 9.97. The second-order valence-electron chi connectivity index (χ2n) is 7.14. The van der Waals surface area contributed by atoms with Gasteiger partial charge in [0.2, 0.25) is 0 Å². The van der Waals surface area contributed by atoms with Crippen LogP contribution in [0.1, 0.15) is 89.0 Å². The molecule has 160 valence electrons. The minimum atomic E-state index is -0.498. The van der Waals surface area contributed by atoms with Gasteiger partial charge in [0.05, 0.1) is 24.3 Å². The van der Waals surface area contributed by atoms with Crippen molar-refractivity contribution in [3.63, 3.8) is 0 Å². The Morgan fingerprint density at radius 3 is 1.70 bits per heavy atom. The van der Waals surface area contributed by atoms with E-state index >= 15 is 0 Å². The first kappa shape index (κ1) is 23.3. The second-order valence-corrected chi connectivity index (χ2v) is 7.14. The second kappa shape index (κ2) is 12.6. The van der Waals surface area contributed by atoms with E-state index in [-0.39, 0.29) is 16.9 Å². The van der Waals surface area contributed by atoms with Gasteiger partial charge in [-0.25, -0.2) is 9.59 Å². The first-order chi connectivity index (χ1) is 14.6. The molecule has 0 aliphatic heterocycles. The fourth-order valence-electron chi connectivity index (χ4n) is 2.97. The van der Waals surface area contributed by atoms with Crippen LogP contribution in [0.3, 0.4) is 0 Å². The first-order valence-corrected chi connectivity index (χ1v) is 10.7. The number of benzene rings is 2. The summed E-state index contributed by atoms with van der Waals surface area (Å²) in [6.07, 6.45) is 5.73. The quantitative estimate of drug-likeness (QED) is 0.258. The third kappa shape index (κ3) is 6.83. The van der Waals surface area contributed by atoms with Gasteiger partial charge in [-0.05, 0) is 31.0 Å². The molecule has 30 heavy (non-hydrogen) atoms. The number of unbranched alkanes of at least 4 members (excludes halogenated alkanes) is 4. The molecule has 2 aromatic rings. The minimum absolute atomic E-state index is 0.249. The Balaban J connectivity index is 2.06. The van der Waals surface area contributed by atoms with Gasteiger partial charge in [-0.1, -0.05) is 69.9 Å². The Morgan fingerprint density at radius 1 is 0.633 bits per heavy atom. The van der Waals surface area contributed by atoms with Crippen molar-refractivity contribution >= 4 is 17.7 Å². The zero-order chi connectivity index (χ0) is 21.8. The van der Waals surface area contributed by atoms with E-state index in [1.54, 1.807) is 48.5 Å². The van der Waals surface area contributed by atoms with E-state index in [9.17, 15) is 14.4 Å². The summed E-state index contributed by atoms with van der Waals surface area (Å²) in [5, 5.41) is 0. The fraction of sp³-hybridized carbons (Fsp3) is 0.400. The molecule has 0 radical (unpaired) electrons. The van der Waals surface area contributed by atoms with Crippen molar-refractivity contribution in [1.82, 2.24) is 0 Å². The van der Waals surface area contributed by atoms with Gasteiger partial charge in [-0.3, -0.25) is 4.79 Å². The Morgan fingerprint density at radius 2 is 1.13 bits per heavy atom. The van der Waals surface area contributed by atoms with E-state index in [0.717, 1.165) is 38.5 Å². The van der Waals surface area contributed by atoms with Gasteiger partial charge >= 0.3 is 11.9 Å². The van der Waals surface area contributed by atoms with Gasteiger partial charge in [-0.2, -0.15) is 0 Å². The summed E-state index contributed by atoms with van der Waals surface area (Å²) < 4.78 is 10.5. The zero-order valence-corrected chi connectivity index (χ0v) is 17.8. The van der Waals surface area contributed by atoms with Crippen molar-refractivity contribution in [2.45, 2.75) is 52.4 Å². The maximum Gasteiger partial charge on any atom is 0.338 e. The molecule has 5 heteroatoms. The SMILES string of the molecule is CCCCCOC(=O)c1ccc(C(=O)c2ccccc2C(=O)OCCCCC)cc1. The van der Waals surface area contributed by atoms with Gasteiger partial charge in [0.25, 0.3) is 0 Å². The summed E-state index contributed by atoms with van der Waals surface area (Å²) in [5.41, 5.74) is 1.32. The summed E-state index contributed by atoms with van der Waals surface area (Å²) in [6, 6.07) is 12.9. The number of carbonyl (C=O) groups is 3. The topological polar surface area (TPSA) is 69.7 Å². The van der Waals surface area contributed by atoms with Crippen molar-refractivity contribution < 1.29 is 23.9 Å². The van der Waals surface area contributed by atoms with Crippen LogP contribution in [0.4, 0.5) is 0 Å². The van der Waals surface area contributed by atoms with Crippen LogP contribution < -0.4 is 0 Å². The molecule has 0 amide bonds. The molecule has 0 unspecified atom stereocenters. The van der Waals surface area contributed by atoms with Crippen molar-refractivity contribution in [3.8, 4) is 0 Å². The van der Waals surface area contributed by atoms with Gasteiger partial charge in [0.15, 0.2) is 5.78 Å². The molecule has 0 fully saturated rings. The Kier molecular flexibility index (Phi) is 9.78. The number of ketones is 1. The molecule has 0 N–H and O–H groups in total. The number of esters is 2. The molecular weight excluding hydrogens is 380 g/mol. The summed E-state index contributed by atoms with van der Waals surface area (Å²) in [4.78, 5) is 37.4. The number of carbonyl (C=O) groups excluding carboxylic acids is 3. The predicted octanol–water partition coefficient (Wildman–Crippen LogP) is 5.61. The lowest BCUT2D eigenvalue weighted by molar-refractivity contribution is 0.0488. The van der Waals surface area contributed by atoms with Crippen LogP contribution in [0.15, 0.2) is 48.5 Å². The Labute approximate surface area is 178 Å². The highest BCUT2D eigenvalue weighted by Crippen LogP contribution is 2.17. The maximum absolute atomic E-state index is 12.9. The number of hydrogen-bond donors (Lipinski definition) is 0. The summed E-state index contributed by atoms with van der Waals surface area (Å²) in [5.74, 6) is -1.19. The van der Waals surface area contributed by atoms with Gasteiger partial charge < -0.3 is 9.47 Å². The normalized spacial score (nSPS) is 10.5. The van der Waals surface area contributed by atoms with Gasteiger partial charge in [0.1, 0.15) is 0 Å². The van der Waals surface area contributed by atoms with Crippen molar-refractivity contribution in [2.75, 3.05) is 13.2 Å². The molecule has 0 aliphatic carbocycles. The molecule has 0 saturated carbocycles.